The highest BCUT2D eigenvalue weighted by atomic mass is 16.5. The van der Waals surface area contributed by atoms with Crippen LogP contribution in [0.5, 0.6) is 11.8 Å². The van der Waals surface area contributed by atoms with E-state index in [1.165, 1.54) is 23.6 Å². The number of rotatable bonds is 6. The molecule has 0 aliphatic carbocycles. The standard InChI is InChI=1S/C29H38N8O3/c1-6-24(38)36-12-13-37(19(3)15-36)28-26-27(31-29(32-28)40-16-20-8-7-11-34(20)4)35(5)23(17-39-26)25-18(2)9-10-22-21(25)14-30-33-22/h6,9-10,14,19-20,23H,1,7-8,11-13,15-17H2,2-5H3,(H,30,33)/t19-,20-,23?/m0/s1. The zero-order valence-corrected chi connectivity index (χ0v) is 23.8. The number of nitrogens with zero attached hydrogens (tertiary/aromatic N) is 7. The quantitative estimate of drug-likeness (QED) is 0.468. The van der Waals surface area contributed by atoms with Crippen molar-refractivity contribution in [1.29, 1.82) is 0 Å². The number of ether oxygens (including phenoxy) is 2. The summed E-state index contributed by atoms with van der Waals surface area (Å²) in [4.78, 5) is 30.7. The van der Waals surface area contributed by atoms with E-state index in [4.69, 9.17) is 19.4 Å². The molecule has 0 spiro atoms. The van der Waals surface area contributed by atoms with Crippen LogP contribution in [-0.2, 0) is 4.79 Å². The third kappa shape index (κ3) is 4.61. The molecule has 1 amide bonds. The second kappa shape index (κ2) is 10.6. The molecule has 6 rings (SSSR count). The third-order valence-corrected chi connectivity index (χ3v) is 8.68. The molecule has 0 bridgehead atoms. The van der Waals surface area contributed by atoms with Gasteiger partial charge in [0, 0.05) is 44.2 Å². The molecule has 0 saturated carbocycles. The zero-order chi connectivity index (χ0) is 28.0. The van der Waals surface area contributed by atoms with Gasteiger partial charge in [-0.2, -0.15) is 15.1 Å². The average Bonchev–Trinajstić information content (AvgIpc) is 3.60. The summed E-state index contributed by atoms with van der Waals surface area (Å²) in [7, 11) is 4.19. The van der Waals surface area contributed by atoms with E-state index >= 15 is 0 Å². The molecule has 11 nitrogen and oxygen atoms in total. The molecule has 0 radical (unpaired) electrons. The van der Waals surface area contributed by atoms with E-state index in [1.807, 2.05) is 11.1 Å². The van der Waals surface area contributed by atoms with Crippen molar-refractivity contribution < 1.29 is 14.3 Å². The summed E-state index contributed by atoms with van der Waals surface area (Å²) >= 11 is 0. The molecular formula is C29H38N8O3. The van der Waals surface area contributed by atoms with E-state index in [9.17, 15) is 4.79 Å². The Bertz CT molecular complexity index is 1420. The minimum Gasteiger partial charge on any atom is -0.484 e. The van der Waals surface area contributed by atoms with Gasteiger partial charge < -0.3 is 29.1 Å². The summed E-state index contributed by atoms with van der Waals surface area (Å²) in [6.45, 7) is 11.7. The molecule has 11 heteroatoms. The lowest BCUT2D eigenvalue weighted by Gasteiger charge is -2.42. The van der Waals surface area contributed by atoms with Crippen LogP contribution in [-0.4, -0.2) is 101 Å². The first kappa shape index (κ1) is 26.4. The number of anilines is 2. The number of hydrogen-bond donors (Lipinski definition) is 1. The number of piperazine rings is 1. The number of likely N-dealkylation sites (tertiary alicyclic amines) is 1. The molecule has 40 heavy (non-hydrogen) atoms. The molecule has 3 aliphatic heterocycles. The predicted octanol–water partition coefficient (Wildman–Crippen LogP) is 2.93. The number of carbonyl (C=O) groups is 1. The number of aromatic nitrogens is 4. The Morgan fingerprint density at radius 1 is 1.23 bits per heavy atom. The number of likely N-dealkylation sites (N-methyl/N-ethyl adjacent to an activating group) is 2. The Hall–Kier alpha value is -3.86. The molecule has 2 saturated heterocycles. The van der Waals surface area contributed by atoms with Gasteiger partial charge in [0.25, 0.3) is 0 Å². The second-order valence-corrected chi connectivity index (χ2v) is 11.2. The van der Waals surface area contributed by atoms with Crippen molar-refractivity contribution in [2.75, 3.05) is 63.3 Å². The molecule has 3 aromatic rings. The Labute approximate surface area is 234 Å². The number of carbonyl (C=O) groups excluding carboxylic acids is 1. The molecule has 3 aliphatic rings. The van der Waals surface area contributed by atoms with Crippen LogP contribution in [0.25, 0.3) is 10.9 Å². The largest absolute Gasteiger partial charge is 0.484 e. The topological polar surface area (TPSA) is 103 Å². The van der Waals surface area contributed by atoms with Crippen LogP contribution in [0.1, 0.15) is 36.9 Å². The number of benzene rings is 1. The van der Waals surface area contributed by atoms with Gasteiger partial charge >= 0.3 is 6.01 Å². The van der Waals surface area contributed by atoms with E-state index < -0.39 is 0 Å². The lowest BCUT2D eigenvalue weighted by molar-refractivity contribution is -0.126. The normalized spacial score (nSPS) is 23.3. The van der Waals surface area contributed by atoms with Crippen LogP contribution < -0.4 is 19.3 Å². The maximum Gasteiger partial charge on any atom is 0.320 e. The summed E-state index contributed by atoms with van der Waals surface area (Å²) in [6, 6.07) is 4.83. The highest BCUT2D eigenvalue weighted by Crippen LogP contribution is 2.45. The fraction of sp³-hybridized carbons (Fsp3) is 0.517. The number of nitrogens with one attached hydrogen (secondary N) is 1. The van der Waals surface area contributed by atoms with Crippen molar-refractivity contribution in [1.82, 2.24) is 30.0 Å². The van der Waals surface area contributed by atoms with Crippen molar-refractivity contribution in [3.8, 4) is 11.8 Å². The van der Waals surface area contributed by atoms with Gasteiger partial charge in [-0.1, -0.05) is 12.6 Å². The molecule has 2 fully saturated rings. The number of H-pyrrole nitrogens is 1. The molecule has 1 unspecified atom stereocenters. The van der Waals surface area contributed by atoms with Gasteiger partial charge in [0.15, 0.2) is 11.6 Å². The van der Waals surface area contributed by atoms with Crippen molar-refractivity contribution in [2.24, 2.45) is 0 Å². The molecule has 1 aromatic carbocycles. The highest BCUT2D eigenvalue weighted by molar-refractivity contribution is 5.87. The molecular weight excluding hydrogens is 508 g/mol. The SMILES string of the molecule is C=CC(=O)N1CCN(c2nc(OC[C@@H]3CCCN3C)nc3c2OCC(c2c(C)ccc4[nH]ncc24)N3C)[C@@H](C)C1. The van der Waals surface area contributed by atoms with Gasteiger partial charge in [0.1, 0.15) is 13.2 Å². The first-order valence-corrected chi connectivity index (χ1v) is 14.1. The van der Waals surface area contributed by atoms with Crippen molar-refractivity contribution in [3.05, 3.63) is 42.1 Å². The van der Waals surface area contributed by atoms with Gasteiger partial charge in [-0.15, -0.1) is 0 Å². The fourth-order valence-corrected chi connectivity index (χ4v) is 6.29. The summed E-state index contributed by atoms with van der Waals surface area (Å²) < 4.78 is 12.8. The zero-order valence-electron chi connectivity index (χ0n) is 23.8. The van der Waals surface area contributed by atoms with Crippen LogP contribution in [0.3, 0.4) is 0 Å². The highest BCUT2D eigenvalue weighted by Gasteiger charge is 2.37. The van der Waals surface area contributed by atoms with Gasteiger partial charge in [0.05, 0.1) is 17.8 Å². The minimum atomic E-state index is -0.0650. The van der Waals surface area contributed by atoms with E-state index in [2.05, 4.69) is 71.6 Å². The van der Waals surface area contributed by atoms with Crippen LogP contribution in [0.2, 0.25) is 0 Å². The monoisotopic (exact) mass is 546 g/mol. The van der Waals surface area contributed by atoms with Gasteiger partial charge in [-0.25, -0.2) is 0 Å². The van der Waals surface area contributed by atoms with Crippen LogP contribution in [0, 0.1) is 6.92 Å². The lowest BCUT2D eigenvalue weighted by atomic mass is 9.96. The summed E-state index contributed by atoms with van der Waals surface area (Å²) in [5, 5.41) is 8.45. The smallest absolute Gasteiger partial charge is 0.320 e. The maximum absolute atomic E-state index is 12.3. The molecule has 3 atom stereocenters. The first-order valence-electron chi connectivity index (χ1n) is 14.1. The van der Waals surface area contributed by atoms with Gasteiger partial charge in [-0.05, 0) is 63.6 Å². The number of fused-ring (bicyclic) bond motifs is 2. The summed E-state index contributed by atoms with van der Waals surface area (Å²) in [6.07, 6.45) is 5.53. The summed E-state index contributed by atoms with van der Waals surface area (Å²) in [5.74, 6) is 2.01. The second-order valence-electron chi connectivity index (χ2n) is 11.2. The fourth-order valence-electron chi connectivity index (χ4n) is 6.29. The summed E-state index contributed by atoms with van der Waals surface area (Å²) in [5.41, 5.74) is 3.33. The predicted molar refractivity (Wildman–Crippen MR) is 154 cm³/mol. The van der Waals surface area contributed by atoms with Crippen molar-refractivity contribution in [3.63, 3.8) is 0 Å². The minimum absolute atomic E-state index is 0.0269. The van der Waals surface area contributed by atoms with Gasteiger partial charge in [-0.3, -0.25) is 9.89 Å². The molecule has 1 N–H and O–H groups in total. The van der Waals surface area contributed by atoms with Crippen LogP contribution in [0.15, 0.2) is 31.0 Å². The van der Waals surface area contributed by atoms with Crippen LogP contribution >= 0.6 is 0 Å². The van der Waals surface area contributed by atoms with Crippen molar-refractivity contribution >= 4 is 28.4 Å². The Kier molecular flexibility index (Phi) is 6.99. The number of aryl methyl sites for hydroxylation is 1. The maximum atomic E-state index is 12.3. The van der Waals surface area contributed by atoms with E-state index in [0.29, 0.717) is 62.3 Å². The van der Waals surface area contributed by atoms with Crippen molar-refractivity contribution in [2.45, 2.75) is 44.8 Å². The Morgan fingerprint density at radius 2 is 2.05 bits per heavy atom. The van der Waals surface area contributed by atoms with E-state index in [-0.39, 0.29) is 18.0 Å². The third-order valence-electron chi connectivity index (χ3n) is 8.68. The first-order chi connectivity index (χ1) is 19.4. The number of hydrogen-bond acceptors (Lipinski definition) is 9. The molecule has 212 valence electrons. The molecule has 2 aromatic heterocycles. The van der Waals surface area contributed by atoms with Gasteiger partial charge in [0.2, 0.25) is 11.7 Å². The van der Waals surface area contributed by atoms with E-state index in [0.717, 1.165) is 23.9 Å². The molecule has 5 heterocycles. The number of aromatic amines is 1. The number of amides is 1. The Balaban J connectivity index is 1.37. The van der Waals surface area contributed by atoms with Crippen LogP contribution in [0.4, 0.5) is 11.6 Å². The lowest BCUT2D eigenvalue weighted by Crippen LogP contribution is -2.54. The Morgan fingerprint density at radius 3 is 2.80 bits per heavy atom. The average molecular weight is 547 g/mol. The van der Waals surface area contributed by atoms with E-state index in [1.54, 1.807) is 0 Å².